The van der Waals surface area contributed by atoms with Crippen molar-refractivity contribution >= 4 is 11.5 Å². The highest BCUT2D eigenvalue weighted by Crippen LogP contribution is 2.32. The average molecular weight is 365 g/mol. The van der Waals surface area contributed by atoms with E-state index in [0.717, 1.165) is 44.0 Å². The van der Waals surface area contributed by atoms with Crippen LogP contribution in [0.5, 0.6) is 11.5 Å². The maximum Gasteiger partial charge on any atom is 0.130 e. The van der Waals surface area contributed by atoms with Crippen LogP contribution >= 0.6 is 0 Å². The van der Waals surface area contributed by atoms with Crippen molar-refractivity contribution in [3.05, 3.63) is 53.6 Å². The van der Waals surface area contributed by atoms with Gasteiger partial charge in [0, 0.05) is 31.5 Å². The third-order valence-electron chi connectivity index (χ3n) is 5.53. The first-order valence-electron chi connectivity index (χ1n) is 9.85. The molecular weight excluding hydrogens is 338 g/mol. The third kappa shape index (κ3) is 4.10. The van der Waals surface area contributed by atoms with Crippen molar-refractivity contribution in [3.63, 3.8) is 0 Å². The van der Waals surface area contributed by atoms with E-state index in [9.17, 15) is 4.79 Å². The van der Waals surface area contributed by atoms with Gasteiger partial charge in [0.05, 0.1) is 13.2 Å². The number of benzene rings is 2. The summed E-state index contributed by atoms with van der Waals surface area (Å²) in [6, 6.07) is 14.7. The molecule has 2 aromatic rings. The van der Waals surface area contributed by atoms with Crippen LogP contribution in [0.25, 0.3) is 0 Å². The summed E-state index contributed by atoms with van der Waals surface area (Å²) in [6.07, 6.45) is 2.82. The molecule has 1 saturated heterocycles. The Labute approximate surface area is 161 Å². The van der Waals surface area contributed by atoms with Gasteiger partial charge >= 0.3 is 0 Å². The normalized spacial score (nSPS) is 19.5. The molecule has 0 spiro atoms. The van der Waals surface area contributed by atoms with Gasteiger partial charge in [0.25, 0.3) is 0 Å². The molecule has 0 N–H and O–H groups in total. The molecule has 2 aliphatic heterocycles. The van der Waals surface area contributed by atoms with Gasteiger partial charge < -0.3 is 19.2 Å². The van der Waals surface area contributed by atoms with Gasteiger partial charge in [-0.1, -0.05) is 19.1 Å². The number of rotatable bonds is 6. The number of ketones is 1. The van der Waals surface area contributed by atoms with E-state index in [1.807, 2.05) is 12.1 Å². The Morgan fingerprint density at radius 2 is 2.07 bits per heavy atom. The molecule has 142 valence electrons. The molecular formula is C23H27NO3. The molecule has 0 saturated carbocycles. The molecule has 4 heteroatoms. The van der Waals surface area contributed by atoms with Crippen molar-refractivity contribution in [1.82, 2.24) is 0 Å². The number of fused-ring (bicyclic) bond motifs is 1. The Bertz CT molecular complexity index is 815. The largest absolute Gasteiger partial charge is 0.493 e. The Balaban J connectivity index is 1.35. The summed E-state index contributed by atoms with van der Waals surface area (Å²) >= 11 is 0. The van der Waals surface area contributed by atoms with Crippen LogP contribution in [-0.4, -0.2) is 31.6 Å². The molecule has 27 heavy (non-hydrogen) atoms. The maximum atomic E-state index is 11.3. The second kappa shape index (κ2) is 7.63. The molecule has 0 radical (unpaired) electrons. The lowest BCUT2D eigenvalue weighted by atomic mass is 9.96. The molecule has 1 fully saturated rings. The lowest BCUT2D eigenvalue weighted by Gasteiger charge is -2.20. The molecule has 4 nitrogen and oxygen atoms in total. The molecule has 2 atom stereocenters. The van der Waals surface area contributed by atoms with Gasteiger partial charge in [-0.2, -0.15) is 0 Å². The fourth-order valence-electron chi connectivity index (χ4n) is 4.05. The molecule has 0 aliphatic carbocycles. The van der Waals surface area contributed by atoms with Crippen LogP contribution in [0.1, 0.15) is 43.7 Å². The minimum atomic E-state index is 0.204. The second-order valence-corrected chi connectivity index (χ2v) is 7.74. The van der Waals surface area contributed by atoms with Crippen LogP contribution in [0, 0.1) is 0 Å². The van der Waals surface area contributed by atoms with Crippen molar-refractivity contribution in [2.75, 3.05) is 24.6 Å². The first-order chi connectivity index (χ1) is 13.1. The summed E-state index contributed by atoms with van der Waals surface area (Å²) in [7, 11) is 0. The zero-order valence-corrected chi connectivity index (χ0v) is 16.1. The fourth-order valence-corrected chi connectivity index (χ4v) is 4.05. The SMILES string of the molecule is CC(=O)C[C@@H](C)c1ccc(OC2CCN(c3ccc4c(c3)CCO4)C2)cc1. The van der Waals surface area contributed by atoms with E-state index in [4.69, 9.17) is 9.47 Å². The summed E-state index contributed by atoms with van der Waals surface area (Å²) in [5.41, 5.74) is 3.76. The summed E-state index contributed by atoms with van der Waals surface area (Å²) in [5.74, 6) is 2.42. The number of anilines is 1. The van der Waals surface area contributed by atoms with Crippen LogP contribution in [0.3, 0.4) is 0 Å². The summed E-state index contributed by atoms with van der Waals surface area (Å²) in [6.45, 7) is 6.45. The van der Waals surface area contributed by atoms with E-state index in [1.165, 1.54) is 16.8 Å². The Kier molecular flexibility index (Phi) is 5.06. The smallest absolute Gasteiger partial charge is 0.130 e. The van der Waals surface area contributed by atoms with Gasteiger partial charge in [-0.05, 0) is 54.3 Å². The van der Waals surface area contributed by atoms with Crippen molar-refractivity contribution < 1.29 is 14.3 Å². The third-order valence-corrected chi connectivity index (χ3v) is 5.53. The highest BCUT2D eigenvalue weighted by molar-refractivity contribution is 5.76. The number of carbonyl (C=O) groups excluding carboxylic acids is 1. The van der Waals surface area contributed by atoms with Gasteiger partial charge in [0.15, 0.2) is 0 Å². The standard InChI is InChI=1S/C23H27NO3/c1-16(13-17(2)25)18-3-6-21(7-4-18)27-22-9-11-24(15-22)20-5-8-23-19(14-20)10-12-26-23/h3-8,14,16,22H,9-13,15H2,1-2H3/t16-,22?/m1/s1. The molecule has 0 aromatic heterocycles. The van der Waals surface area contributed by atoms with Crippen molar-refractivity contribution in [2.45, 2.75) is 45.1 Å². The van der Waals surface area contributed by atoms with Gasteiger partial charge in [-0.3, -0.25) is 0 Å². The topological polar surface area (TPSA) is 38.8 Å². The number of nitrogens with zero attached hydrogens (tertiary/aromatic N) is 1. The monoisotopic (exact) mass is 365 g/mol. The number of hydrogen-bond donors (Lipinski definition) is 0. The minimum absolute atomic E-state index is 0.204. The first kappa shape index (κ1) is 17.9. The van der Waals surface area contributed by atoms with E-state index in [1.54, 1.807) is 6.92 Å². The number of ether oxygens (including phenoxy) is 2. The first-order valence-corrected chi connectivity index (χ1v) is 9.85. The van der Waals surface area contributed by atoms with E-state index < -0.39 is 0 Å². The van der Waals surface area contributed by atoms with E-state index in [2.05, 4.69) is 42.2 Å². The maximum absolute atomic E-state index is 11.3. The molecule has 2 aliphatic rings. The second-order valence-electron chi connectivity index (χ2n) is 7.74. The van der Waals surface area contributed by atoms with Crippen LogP contribution in [-0.2, 0) is 11.2 Å². The predicted molar refractivity (Wildman–Crippen MR) is 107 cm³/mol. The molecule has 0 bridgehead atoms. The Hall–Kier alpha value is -2.49. The van der Waals surface area contributed by atoms with Crippen molar-refractivity contribution in [2.24, 2.45) is 0 Å². The average Bonchev–Trinajstić information content (AvgIpc) is 3.30. The van der Waals surface area contributed by atoms with Crippen LogP contribution in [0.2, 0.25) is 0 Å². The molecule has 4 rings (SSSR count). The van der Waals surface area contributed by atoms with E-state index in [0.29, 0.717) is 6.42 Å². The number of hydrogen-bond acceptors (Lipinski definition) is 4. The van der Waals surface area contributed by atoms with Gasteiger partial charge in [-0.15, -0.1) is 0 Å². The summed E-state index contributed by atoms with van der Waals surface area (Å²) in [5, 5.41) is 0. The predicted octanol–water partition coefficient (Wildman–Crippen LogP) is 4.36. The lowest BCUT2D eigenvalue weighted by molar-refractivity contribution is -0.117. The molecule has 1 unspecified atom stereocenters. The van der Waals surface area contributed by atoms with E-state index >= 15 is 0 Å². The highest BCUT2D eigenvalue weighted by Gasteiger charge is 2.25. The quantitative estimate of drug-likeness (QED) is 0.762. The summed E-state index contributed by atoms with van der Waals surface area (Å²) in [4.78, 5) is 13.7. The minimum Gasteiger partial charge on any atom is -0.493 e. The zero-order chi connectivity index (χ0) is 18.8. The van der Waals surface area contributed by atoms with Crippen molar-refractivity contribution in [3.8, 4) is 11.5 Å². The molecule has 2 aromatic carbocycles. The molecule has 2 heterocycles. The van der Waals surface area contributed by atoms with Crippen LogP contribution in [0.15, 0.2) is 42.5 Å². The number of Topliss-reactive ketones (excluding diaryl/α,β-unsaturated/α-hetero) is 1. The van der Waals surface area contributed by atoms with E-state index in [-0.39, 0.29) is 17.8 Å². The van der Waals surface area contributed by atoms with Crippen molar-refractivity contribution in [1.29, 1.82) is 0 Å². The zero-order valence-electron chi connectivity index (χ0n) is 16.1. The van der Waals surface area contributed by atoms with Gasteiger partial charge in [-0.25, -0.2) is 0 Å². The Morgan fingerprint density at radius 1 is 1.26 bits per heavy atom. The fraction of sp³-hybridized carbons (Fsp3) is 0.435. The van der Waals surface area contributed by atoms with Gasteiger partial charge in [0.1, 0.15) is 23.4 Å². The lowest BCUT2D eigenvalue weighted by Crippen LogP contribution is -2.24. The highest BCUT2D eigenvalue weighted by atomic mass is 16.5. The number of carbonyl (C=O) groups is 1. The summed E-state index contributed by atoms with van der Waals surface area (Å²) < 4.78 is 11.8. The Morgan fingerprint density at radius 3 is 2.85 bits per heavy atom. The molecule has 0 amide bonds. The van der Waals surface area contributed by atoms with Gasteiger partial charge in [0.2, 0.25) is 0 Å². The van der Waals surface area contributed by atoms with Crippen LogP contribution < -0.4 is 14.4 Å². The van der Waals surface area contributed by atoms with Crippen LogP contribution in [0.4, 0.5) is 5.69 Å².